The fourth-order valence-electron chi connectivity index (χ4n) is 3.40. The molecule has 0 aliphatic heterocycles. The highest BCUT2D eigenvalue weighted by atomic mass is 16.5. The van der Waals surface area contributed by atoms with E-state index in [2.05, 4.69) is 4.90 Å². The molecule has 1 fully saturated rings. The van der Waals surface area contributed by atoms with E-state index in [1.165, 1.54) is 6.42 Å². The lowest BCUT2D eigenvalue weighted by Crippen LogP contribution is -2.42. The van der Waals surface area contributed by atoms with Gasteiger partial charge in [-0.1, -0.05) is 31.4 Å². The van der Waals surface area contributed by atoms with E-state index in [1.807, 2.05) is 26.2 Å². The first-order valence-electron chi connectivity index (χ1n) is 8.22. The molecule has 128 valence electrons. The smallest absolute Gasteiger partial charge is 0.341 e. The van der Waals surface area contributed by atoms with E-state index in [-0.39, 0.29) is 12.5 Å². The summed E-state index contributed by atoms with van der Waals surface area (Å²) in [5.74, 6) is -0.405. The molecule has 5 nitrogen and oxygen atoms in total. The van der Waals surface area contributed by atoms with E-state index < -0.39 is 11.6 Å². The SMILES string of the molecule is CN(C)CC(c1ccc(OCC(=O)O)cc1)C1(O)CCCCC1. The van der Waals surface area contributed by atoms with Crippen LogP contribution in [0.2, 0.25) is 0 Å². The van der Waals surface area contributed by atoms with Gasteiger partial charge in [-0.2, -0.15) is 0 Å². The maximum atomic E-state index is 11.1. The van der Waals surface area contributed by atoms with Gasteiger partial charge in [0.05, 0.1) is 5.60 Å². The monoisotopic (exact) mass is 321 g/mol. The number of nitrogens with zero attached hydrogens (tertiary/aromatic N) is 1. The number of carboxylic acids is 1. The van der Waals surface area contributed by atoms with Gasteiger partial charge in [0.2, 0.25) is 0 Å². The Balaban J connectivity index is 2.16. The molecule has 5 heteroatoms. The van der Waals surface area contributed by atoms with Crippen LogP contribution in [-0.4, -0.2) is 53.9 Å². The van der Waals surface area contributed by atoms with Gasteiger partial charge in [-0.3, -0.25) is 0 Å². The molecule has 0 aromatic heterocycles. The van der Waals surface area contributed by atoms with Crippen LogP contribution in [0.1, 0.15) is 43.6 Å². The van der Waals surface area contributed by atoms with Crippen molar-refractivity contribution in [2.45, 2.75) is 43.6 Å². The Labute approximate surface area is 137 Å². The molecule has 23 heavy (non-hydrogen) atoms. The number of carbonyl (C=O) groups is 1. The minimum Gasteiger partial charge on any atom is -0.482 e. The lowest BCUT2D eigenvalue weighted by Gasteiger charge is -2.40. The summed E-state index contributed by atoms with van der Waals surface area (Å²) < 4.78 is 5.18. The molecule has 1 aromatic carbocycles. The molecule has 0 spiro atoms. The zero-order valence-corrected chi connectivity index (χ0v) is 14.0. The van der Waals surface area contributed by atoms with Crippen molar-refractivity contribution in [3.63, 3.8) is 0 Å². The number of aliphatic hydroxyl groups is 1. The highest BCUT2D eigenvalue weighted by Gasteiger charge is 2.38. The third kappa shape index (κ3) is 4.94. The predicted molar refractivity (Wildman–Crippen MR) is 88.9 cm³/mol. The maximum absolute atomic E-state index is 11.1. The molecule has 1 aromatic rings. The van der Waals surface area contributed by atoms with Gasteiger partial charge in [0.25, 0.3) is 0 Å². The van der Waals surface area contributed by atoms with Crippen LogP contribution in [0.15, 0.2) is 24.3 Å². The Morgan fingerprint density at radius 2 is 1.83 bits per heavy atom. The maximum Gasteiger partial charge on any atom is 0.341 e. The van der Waals surface area contributed by atoms with E-state index in [1.54, 1.807) is 12.1 Å². The predicted octanol–water partition coefficient (Wildman–Crippen LogP) is 2.49. The number of likely N-dealkylation sites (N-methyl/N-ethyl adjacent to an activating group) is 1. The lowest BCUT2D eigenvalue weighted by atomic mass is 9.72. The number of aliphatic carboxylic acids is 1. The highest BCUT2D eigenvalue weighted by molar-refractivity contribution is 5.68. The summed E-state index contributed by atoms with van der Waals surface area (Å²) in [5, 5.41) is 19.8. The molecular formula is C18H27NO4. The Morgan fingerprint density at radius 3 is 2.35 bits per heavy atom. The summed E-state index contributed by atoms with van der Waals surface area (Å²) in [6, 6.07) is 7.45. The highest BCUT2D eigenvalue weighted by Crippen LogP contribution is 2.40. The minimum absolute atomic E-state index is 0.0475. The fraction of sp³-hybridized carbons (Fsp3) is 0.611. The molecule has 1 aliphatic rings. The van der Waals surface area contributed by atoms with Crippen molar-refractivity contribution >= 4 is 5.97 Å². The van der Waals surface area contributed by atoms with Crippen molar-refractivity contribution in [1.29, 1.82) is 0 Å². The normalized spacial score (nSPS) is 18.6. The van der Waals surface area contributed by atoms with Crippen molar-refractivity contribution < 1.29 is 19.7 Å². The zero-order chi connectivity index (χ0) is 16.9. The molecule has 2 rings (SSSR count). The quantitative estimate of drug-likeness (QED) is 0.807. The third-order valence-electron chi connectivity index (χ3n) is 4.56. The average Bonchev–Trinajstić information content (AvgIpc) is 2.52. The topological polar surface area (TPSA) is 70.0 Å². The molecule has 0 amide bonds. The molecular weight excluding hydrogens is 294 g/mol. The molecule has 1 aliphatic carbocycles. The van der Waals surface area contributed by atoms with Crippen LogP contribution in [0, 0.1) is 0 Å². The third-order valence-corrected chi connectivity index (χ3v) is 4.56. The summed E-state index contributed by atoms with van der Waals surface area (Å²) in [5.41, 5.74) is 0.414. The van der Waals surface area contributed by atoms with Crippen LogP contribution in [-0.2, 0) is 4.79 Å². The van der Waals surface area contributed by atoms with Crippen LogP contribution < -0.4 is 4.74 Å². The van der Waals surface area contributed by atoms with E-state index >= 15 is 0 Å². The van der Waals surface area contributed by atoms with E-state index in [9.17, 15) is 9.90 Å². The van der Waals surface area contributed by atoms with E-state index in [0.717, 1.165) is 37.8 Å². The van der Waals surface area contributed by atoms with Gasteiger partial charge in [0, 0.05) is 12.5 Å². The molecule has 2 N–H and O–H groups in total. The second kappa shape index (κ2) is 7.79. The fourth-order valence-corrected chi connectivity index (χ4v) is 3.40. The molecule has 0 bridgehead atoms. The molecule has 1 unspecified atom stereocenters. The number of hydrogen-bond donors (Lipinski definition) is 2. The molecule has 0 radical (unpaired) electrons. The Kier molecular flexibility index (Phi) is 6.02. The number of hydrogen-bond acceptors (Lipinski definition) is 4. The van der Waals surface area contributed by atoms with Crippen LogP contribution in [0.25, 0.3) is 0 Å². The number of rotatable bonds is 7. The molecule has 1 saturated carbocycles. The summed E-state index contributed by atoms with van der Waals surface area (Å²) >= 11 is 0. The van der Waals surface area contributed by atoms with E-state index in [0.29, 0.717) is 5.75 Å². The Bertz CT molecular complexity index is 506. The molecule has 1 atom stereocenters. The second-order valence-corrected chi connectivity index (χ2v) is 6.73. The lowest BCUT2D eigenvalue weighted by molar-refractivity contribution is -0.139. The standard InChI is InChI=1S/C18H27NO4/c1-19(2)12-16(18(22)10-4-3-5-11-18)14-6-8-15(9-7-14)23-13-17(20)21/h6-9,16,22H,3-5,10-13H2,1-2H3,(H,20,21). The summed E-state index contributed by atoms with van der Waals surface area (Å²) in [6.45, 7) is 0.441. The number of benzene rings is 1. The number of carboxylic acid groups (broad SMARTS) is 1. The second-order valence-electron chi connectivity index (χ2n) is 6.73. The van der Waals surface area contributed by atoms with Gasteiger partial charge < -0.3 is 19.8 Å². The Hall–Kier alpha value is -1.59. The van der Waals surface area contributed by atoms with Crippen molar-refractivity contribution in [3.05, 3.63) is 29.8 Å². The first kappa shape index (κ1) is 17.8. The first-order valence-corrected chi connectivity index (χ1v) is 8.22. The van der Waals surface area contributed by atoms with Crippen molar-refractivity contribution in [1.82, 2.24) is 4.90 Å². The largest absolute Gasteiger partial charge is 0.482 e. The van der Waals surface area contributed by atoms with Crippen LogP contribution in [0.4, 0.5) is 0 Å². The average molecular weight is 321 g/mol. The van der Waals surface area contributed by atoms with Gasteiger partial charge in [-0.25, -0.2) is 4.79 Å². The van der Waals surface area contributed by atoms with Gasteiger partial charge in [0.15, 0.2) is 6.61 Å². The van der Waals surface area contributed by atoms with Crippen LogP contribution in [0.3, 0.4) is 0 Å². The minimum atomic E-state index is -0.990. The number of ether oxygens (including phenoxy) is 1. The zero-order valence-electron chi connectivity index (χ0n) is 14.0. The summed E-state index contributed by atoms with van der Waals surface area (Å²) in [7, 11) is 4.03. The van der Waals surface area contributed by atoms with Crippen molar-refractivity contribution in [3.8, 4) is 5.75 Å². The van der Waals surface area contributed by atoms with Gasteiger partial charge in [-0.05, 0) is 44.6 Å². The van der Waals surface area contributed by atoms with Gasteiger partial charge >= 0.3 is 5.97 Å². The molecule has 0 saturated heterocycles. The van der Waals surface area contributed by atoms with Crippen LogP contribution in [0.5, 0.6) is 5.75 Å². The van der Waals surface area contributed by atoms with Crippen LogP contribution >= 0.6 is 0 Å². The summed E-state index contributed by atoms with van der Waals surface area (Å²) in [6.07, 6.45) is 5.00. The Morgan fingerprint density at radius 1 is 1.22 bits per heavy atom. The van der Waals surface area contributed by atoms with Gasteiger partial charge in [0.1, 0.15) is 5.75 Å². The van der Waals surface area contributed by atoms with Crippen molar-refractivity contribution in [2.24, 2.45) is 0 Å². The van der Waals surface area contributed by atoms with Gasteiger partial charge in [-0.15, -0.1) is 0 Å². The summed E-state index contributed by atoms with van der Waals surface area (Å²) in [4.78, 5) is 12.7. The van der Waals surface area contributed by atoms with Crippen molar-refractivity contribution in [2.75, 3.05) is 27.2 Å². The molecule has 0 heterocycles. The first-order chi connectivity index (χ1) is 10.9. The van der Waals surface area contributed by atoms with E-state index in [4.69, 9.17) is 9.84 Å².